The molecule has 0 spiro atoms. The van der Waals surface area contributed by atoms with Gasteiger partial charge in [-0.25, -0.2) is 0 Å². The molecule has 0 bridgehead atoms. The summed E-state index contributed by atoms with van der Waals surface area (Å²) in [6.07, 6.45) is 2.58. The van der Waals surface area contributed by atoms with Crippen LogP contribution in [0.3, 0.4) is 0 Å². The number of rotatable bonds is 6. The highest BCUT2D eigenvalue weighted by Crippen LogP contribution is 2.17. The lowest BCUT2D eigenvalue weighted by Gasteiger charge is -2.16. The number of hydrogen-bond acceptors (Lipinski definition) is 4. The van der Waals surface area contributed by atoms with Gasteiger partial charge in [-0.3, -0.25) is 9.59 Å². The highest BCUT2D eigenvalue weighted by atomic mass is 32.2. The molecule has 0 saturated carbocycles. The van der Waals surface area contributed by atoms with E-state index in [-0.39, 0.29) is 11.8 Å². The number of carbonyl (C=O) groups is 2. The van der Waals surface area contributed by atoms with Crippen molar-refractivity contribution >= 4 is 29.3 Å². The summed E-state index contributed by atoms with van der Waals surface area (Å²) in [5, 5.41) is 2.73. The highest BCUT2D eigenvalue weighted by molar-refractivity contribution is 7.98. The Bertz CT molecular complexity index is 477. The van der Waals surface area contributed by atoms with Gasteiger partial charge in [0.1, 0.15) is 0 Å². The van der Waals surface area contributed by atoms with Gasteiger partial charge in [-0.15, -0.1) is 0 Å². The fourth-order valence-electron chi connectivity index (χ4n) is 1.62. The van der Waals surface area contributed by atoms with Gasteiger partial charge in [-0.1, -0.05) is 12.1 Å². The van der Waals surface area contributed by atoms with E-state index in [1.165, 1.54) is 4.90 Å². The van der Waals surface area contributed by atoms with Gasteiger partial charge in [0.15, 0.2) is 0 Å². The highest BCUT2D eigenvalue weighted by Gasteiger charge is 2.17. The van der Waals surface area contributed by atoms with Crippen LogP contribution in [0.5, 0.6) is 0 Å². The van der Waals surface area contributed by atoms with Gasteiger partial charge >= 0.3 is 0 Å². The van der Waals surface area contributed by atoms with E-state index in [9.17, 15) is 9.59 Å². The molecule has 0 radical (unpaired) electrons. The number of amides is 2. The predicted octanol–water partition coefficient (Wildman–Crippen LogP) is 1.41. The molecule has 2 amide bonds. The third-order valence-corrected chi connectivity index (χ3v) is 3.44. The van der Waals surface area contributed by atoms with Gasteiger partial charge in [-0.05, 0) is 30.6 Å². The van der Waals surface area contributed by atoms with E-state index in [4.69, 9.17) is 5.73 Å². The summed E-state index contributed by atoms with van der Waals surface area (Å²) in [5.74, 6) is 0.406. The third kappa shape index (κ3) is 4.54. The molecule has 20 heavy (non-hydrogen) atoms. The van der Waals surface area contributed by atoms with E-state index in [1.807, 2.05) is 6.26 Å². The topological polar surface area (TPSA) is 75.4 Å². The molecule has 0 fully saturated rings. The minimum Gasteiger partial charge on any atom is -0.345 e. The van der Waals surface area contributed by atoms with E-state index in [0.717, 1.165) is 5.75 Å². The molecule has 0 aliphatic heterocycles. The molecular weight excluding hydrogens is 274 g/mol. The smallest absolute Gasteiger partial charge is 0.255 e. The van der Waals surface area contributed by atoms with Crippen LogP contribution in [0.25, 0.3) is 0 Å². The van der Waals surface area contributed by atoms with Crippen LogP contribution in [0.1, 0.15) is 16.8 Å². The Morgan fingerprint density at radius 2 is 2.00 bits per heavy atom. The quantitative estimate of drug-likeness (QED) is 0.832. The molecule has 0 aliphatic rings. The molecule has 110 valence electrons. The Balaban J connectivity index is 2.82. The lowest BCUT2D eigenvalue weighted by Crippen LogP contribution is -2.36. The van der Waals surface area contributed by atoms with Gasteiger partial charge in [0, 0.05) is 14.1 Å². The van der Waals surface area contributed by atoms with Crippen LogP contribution in [0, 0.1) is 0 Å². The fourth-order valence-corrected chi connectivity index (χ4v) is 2.11. The lowest BCUT2D eigenvalue weighted by molar-refractivity contribution is -0.117. The minimum absolute atomic E-state index is 0.154. The molecule has 0 aliphatic carbocycles. The van der Waals surface area contributed by atoms with E-state index in [0.29, 0.717) is 17.7 Å². The Labute approximate surface area is 123 Å². The predicted molar refractivity (Wildman–Crippen MR) is 84.1 cm³/mol. The molecule has 6 heteroatoms. The number of nitrogens with zero attached hydrogens (tertiary/aromatic N) is 1. The normalized spacial score (nSPS) is 11.8. The van der Waals surface area contributed by atoms with Crippen molar-refractivity contribution in [3.8, 4) is 0 Å². The van der Waals surface area contributed by atoms with E-state index < -0.39 is 6.04 Å². The van der Waals surface area contributed by atoms with Gasteiger partial charge in [0.2, 0.25) is 5.91 Å². The Hall–Kier alpha value is -1.53. The van der Waals surface area contributed by atoms with Gasteiger partial charge in [0.25, 0.3) is 5.91 Å². The molecule has 0 saturated heterocycles. The third-order valence-electron chi connectivity index (χ3n) is 2.79. The molecule has 1 aromatic rings. The largest absolute Gasteiger partial charge is 0.345 e. The van der Waals surface area contributed by atoms with Crippen molar-refractivity contribution in [1.82, 2.24) is 4.90 Å². The molecule has 5 nitrogen and oxygen atoms in total. The van der Waals surface area contributed by atoms with Crippen molar-refractivity contribution in [2.45, 2.75) is 12.5 Å². The van der Waals surface area contributed by atoms with Crippen LogP contribution in [0.15, 0.2) is 24.3 Å². The summed E-state index contributed by atoms with van der Waals surface area (Å²) in [6, 6.07) is 6.36. The maximum atomic E-state index is 12.0. The first-order valence-corrected chi connectivity index (χ1v) is 7.72. The minimum atomic E-state index is -0.565. The maximum absolute atomic E-state index is 12.0. The average molecular weight is 295 g/mol. The second kappa shape index (κ2) is 7.91. The standard InChI is InChI=1S/C14H21N3O2S/c1-17(2)14(19)10-6-4-5-7-12(10)16-13(18)11(15)8-9-20-3/h4-7,11H,8-9,15H2,1-3H3,(H,16,18)/t11-/m1/s1. The van der Waals surface area contributed by atoms with Gasteiger partial charge < -0.3 is 16.0 Å². The fraction of sp³-hybridized carbons (Fsp3) is 0.429. The zero-order valence-corrected chi connectivity index (χ0v) is 12.9. The number of carbonyl (C=O) groups excluding carboxylic acids is 2. The van der Waals surface area contributed by atoms with Crippen molar-refractivity contribution in [2.24, 2.45) is 5.73 Å². The van der Waals surface area contributed by atoms with Gasteiger partial charge in [0.05, 0.1) is 17.3 Å². The van der Waals surface area contributed by atoms with Crippen molar-refractivity contribution in [2.75, 3.05) is 31.4 Å². The second-order valence-corrected chi connectivity index (χ2v) is 5.61. The first-order valence-electron chi connectivity index (χ1n) is 6.33. The van der Waals surface area contributed by atoms with Crippen LogP contribution in [-0.2, 0) is 4.79 Å². The molecular formula is C14H21N3O2S. The lowest BCUT2D eigenvalue weighted by atomic mass is 10.1. The molecule has 1 aromatic carbocycles. The Kier molecular flexibility index (Phi) is 6.54. The van der Waals surface area contributed by atoms with Crippen LogP contribution in [0.2, 0.25) is 0 Å². The maximum Gasteiger partial charge on any atom is 0.255 e. The summed E-state index contributed by atoms with van der Waals surface area (Å²) in [5.41, 5.74) is 6.77. The SMILES string of the molecule is CSCC[C@@H](N)C(=O)Nc1ccccc1C(=O)N(C)C. The van der Waals surface area contributed by atoms with E-state index in [1.54, 1.807) is 50.1 Å². The second-order valence-electron chi connectivity index (χ2n) is 4.62. The Morgan fingerprint density at radius 3 is 2.60 bits per heavy atom. The summed E-state index contributed by atoms with van der Waals surface area (Å²) < 4.78 is 0. The number of thioether (sulfide) groups is 1. The number of benzene rings is 1. The van der Waals surface area contributed by atoms with Crippen LogP contribution >= 0.6 is 11.8 Å². The average Bonchev–Trinajstić information content (AvgIpc) is 2.44. The number of para-hydroxylation sites is 1. The molecule has 1 atom stereocenters. The van der Waals surface area contributed by atoms with Crippen molar-refractivity contribution in [3.63, 3.8) is 0 Å². The first-order chi connectivity index (χ1) is 9.47. The van der Waals surface area contributed by atoms with Crippen molar-refractivity contribution in [1.29, 1.82) is 0 Å². The summed E-state index contributed by atoms with van der Waals surface area (Å²) in [6.45, 7) is 0. The molecule has 1 rings (SSSR count). The first kappa shape index (κ1) is 16.5. The Morgan fingerprint density at radius 1 is 1.35 bits per heavy atom. The molecule has 0 aromatic heterocycles. The summed E-state index contributed by atoms with van der Waals surface area (Å²) >= 11 is 1.64. The van der Waals surface area contributed by atoms with Crippen LogP contribution in [0.4, 0.5) is 5.69 Å². The zero-order valence-electron chi connectivity index (χ0n) is 12.1. The van der Waals surface area contributed by atoms with E-state index in [2.05, 4.69) is 5.32 Å². The summed E-state index contributed by atoms with van der Waals surface area (Å²) in [4.78, 5) is 25.5. The van der Waals surface area contributed by atoms with Gasteiger partial charge in [-0.2, -0.15) is 11.8 Å². The van der Waals surface area contributed by atoms with Crippen molar-refractivity contribution in [3.05, 3.63) is 29.8 Å². The monoisotopic (exact) mass is 295 g/mol. The number of anilines is 1. The van der Waals surface area contributed by atoms with Crippen LogP contribution in [-0.4, -0.2) is 48.9 Å². The summed E-state index contributed by atoms with van der Waals surface area (Å²) in [7, 11) is 3.34. The van der Waals surface area contributed by atoms with Crippen LogP contribution < -0.4 is 11.1 Å². The number of nitrogens with one attached hydrogen (secondary N) is 1. The van der Waals surface area contributed by atoms with Crippen molar-refractivity contribution < 1.29 is 9.59 Å². The molecule has 0 unspecified atom stereocenters. The zero-order chi connectivity index (χ0) is 15.1. The number of hydrogen-bond donors (Lipinski definition) is 2. The number of nitrogens with two attached hydrogens (primary N) is 1. The molecule has 0 heterocycles. The van der Waals surface area contributed by atoms with E-state index >= 15 is 0 Å². The molecule has 3 N–H and O–H groups in total.